The van der Waals surface area contributed by atoms with Crippen molar-refractivity contribution in [2.75, 3.05) is 0 Å². The highest BCUT2D eigenvalue weighted by Crippen LogP contribution is 2.28. The average Bonchev–Trinajstić information content (AvgIpc) is 2.70. The van der Waals surface area contributed by atoms with Crippen LogP contribution < -0.4 is 0 Å². The molecule has 2 rings (SSSR count). The number of rotatable bonds is 3. The summed E-state index contributed by atoms with van der Waals surface area (Å²) >= 11 is 0. The standard InChI is InChI=1S/C13H14O3/c1-8(2)12(14)13(15)10-7-16-11-6-4-3-5-9(10)11/h3-8,13,15H,1-2H3. The number of Topliss-reactive ketones (excluding diaryl/α,β-unsaturated/α-hetero) is 1. The van der Waals surface area contributed by atoms with Crippen LogP contribution in [0.5, 0.6) is 0 Å². The molecule has 0 amide bonds. The molecule has 1 aromatic carbocycles. The molecule has 1 unspecified atom stereocenters. The van der Waals surface area contributed by atoms with E-state index >= 15 is 0 Å². The summed E-state index contributed by atoms with van der Waals surface area (Å²) in [6, 6.07) is 7.36. The monoisotopic (exact) mass is 218 g/mol. The number of aliphatic hydroxyl groups excluding tert-OH is 1. The lowest BCUT2D eigenvalue weighted by atomic mass is 9.98. The Labute approximate surface area is 93.7 Å². The molecule has 0 saturated heterocycles. The Bertz CT molecular complexity index is 511. The summed E-state index contributed by atoms with van der Waals surface area (Å²) in [5, 5.41) is 10.7. The van der Waals surface area contributed by atoms with E-state index in [-0.39, 0.29) is 11.7 Å². The lowest BCUT2D eigenvalue weighted by Gasteiger charge is -2.10. The Kier molecular flexibility index (Phi) is 2.79. The van der Waals surface area contributed by atoms with Gasteiger partial charge < -0.3 is 9.52 Å². The third-order valence-corrected chi connectivity index (χ3v) is 2.64. The molecule has 16 heavy (non-hydrogen) atoms. The van der Waals surface area contributed by atoms with Gasteiger partial charge in [0.2, 0.25) is 0 Å². The molecule has 1 N–H and O–H groups in total. The van der Waals surface area contributed by atoms with E-state index in [1.165, 1.54) is 6.26 Å². The van der Waals surface area contributed by atoms with E-state index in [0.29, 0.717) is 11.1 Å². The highest BCUT2D eigenvalue weighted by atomic mass is 16.3. The fraction of sp³-hybridized carbons (Fsp3) is 0.308. The molecule has 84 valence electrons. The zero-order chi connectivity index (χ0) is 11.7. The van der Waals surface area contributed by atoms with Crippen LogP contribution in [-0.2, 0) is 4.79 Å². The first-order valence-corrected chi connectivity index (χ1v) is 5.29. The molecular formula is C13H14O3. The molecule has 3 nitrogen and oxygen atoms in total. The van der Waals surface area contributed by atoms with E-state index in [2.05, 4.69) is 0 Å². The van der Waals surface area contributed by atoms with Gasteiger partial charge in [-0.15, -0.1) is 0 Å². The van der Waals surface area contributed by atoms with Gasteiger partial charge in [-0.2, -0.15) is 0 Å². The maximum absolute atomic E-state index is 11.7. The van der Waals surface area contributed by atoms with E-state index in [1.54, 1.807) is 13.8 Å². The van der Waals surface area contributed by atoms with Crippen molar-refractivity contribution in [2.45, 2.75) is 20.0 Å². The summed E-state index contributed by atoms with van der Waals surface area (Å²) in [5.74, 6) is -0.379. The van der Waals surface area contributed by atoms with Crippen molar-refractivity contribution in [3.05, 3.63) is 36.1 Å². The van der Waals surface area contributed by atoms with Gasteiger partial charge in [-0.25, -0.2) is 0 Å². The first kappa shape index (κ1) is 10.9. The topological polar surface area (TPSA) is 50.4 Å². The minimum Gasteiger partial charge on any atom is -0.464 e. The van der Waals surface area contributed by atoms with Crippen LogP contribution in [0.15, 0.2) is 34.9 Å². The third kappa shape index (κ3) is 1.74. The predicted octanol–water partition coefficient (Wildman–Crippen LogP) is 2.69. The zero-order valence-electron chi connectivity index (χ0n) is 9.31. The summed E-state index contributed by atoms with van der Waals surface area (Å²) in [4.78, 5) is 11.7. The third-order valence-electron chi connectivity index (χ3n) is 2.64. The number of ketones is 1. The van der Waals surface area contributed by atoms with Crippen molar-refractivity contribution < 1.29 is 14.3 Å². The molecule has 0 radical (unpaired) electrons. The zero-order valence-corrected chi connectivity index (χ0v) is 9.31. The van der Waals surface area contributed by atoms with E-state index in [0.717, 1.165) is 5.39 Å². The van der Waals surface area contributed by atoms with Crippen LogP contribution in [0.2, 0.25) is 0 Å². The first-order chi connectivity index (χ1) is 7.61. The molecule has 1 aromatic heterocycles. The van der Waals surface area contributed by atoms with Gasteiger partial charge in [-0.05, 0) is 6.07 Å². The van der Waals surface area contributed by atoms with Gasteiger partial charge in [-0.1, -0.05) is 32.0 Å². The number of para-hydroxylation sites is 1. The smallest absolute Gasteiger partial charge is 0.168 e. The van der Waals surface area contributed by atoms with Crippen molar-refractivity contribution in [1.82, 2.24) is 0 Å². The highest BCUT2D eigenvalue weighted by molar-refractivity contribution is 5.91. The molecule has 0 saturated carbocycles. The van der Waals surface area contributed by atoms with Crippen LogP contribution in [0.1, 0.15) is 25.5 Å². The second-order valence-corrected chi connectivity index (χ2v) is 4.15. The SMILES string of the molecule is CC(C)C(=O)C(O)c1coc2ccccc12. The summed E-state index contributed by atoms with van der Waals surface area (Å²) in [6.07, 6.45) is 0.360. The molecule has 1 atom stereocenters. The maximum Gasteiger partial charge on any atom is 0.168 e. The van der Waals surface area contributed by atoms with Crippen LogP contribution in [0.25, 0.3) is 11.0 Å². The second-order valence-electron chi connectivity index (χ2n) is 4.15. The summed E-state index contributed by atoms with van der Waals surface area (Å²) < 4.78 is 5.29. The summed E-state index contributed by atoms with van der Waals surface area (Å²) in [7, 11) is 0. The predicted molar refractivity (Wildman–Crippen MR) is 61.0 cm³/mol. The molecular weight excluding hydrogens is 204 g/mol. The first-order valence-electron chi connectivity index (χ1n) is 5.29. The van der Waals surface area contributed by atoms with E-state index < -0.39 is 6.10 Å². The molecule has 0 spiro atoms. The van der Waals surface area contributed by atoms with Gasteiger partial charge in [0.05, 0.1) is 6.26 Å². The Morgan fingerprint density at radius 2 is 2.00 bits per heavy atom. The van der Waals surface area contributed by atoms with Crippen molar-refractivity contribution in [3.63, 3.8) is 0 Å². The van der Waals surface area contributed by atoms with Crippen LogP contribution in [-0.4, -0.2) is 10.9 Å². The van der Waals surface area contributed by atoms with E-state index in [4.69, 9.17) is 4.42 Å². The number of carbonyl (C=O) groups is 1. The van der Waals surface area contributed by atoms with Gasteiger partial charge >= 0.3 is 0 Å². The number of hydrogen-bond donors (Lipinski definition) is 1. The van der Waals surface area contributed by atoms with Gasteiger partial charge in [0.15, 0.2) is 5.78 Å². The fourth-order valence-electron chi connectivity index (χ4n) is 1.68. The number of benzene rings is 1. The van der Waals surface area contributed by atoms with Gasteiger partial charge in [0.25, 0.3) is 0 Å². The number of fused-ring (bicyclic) bond motifs is 1. The quantitative estimate of drug-likeness (QED) is 0.861. The fourth-order valence-corrected chi connectivity index (χ4v) is 1.68. The van der Waals surface area contributed by atoms with Crippen molar-refractivity contribution in [2.24, 2.45) is 5.92 Å². The van der Waals surface area contributed by atoms with Crippen LogP contribution in [0, 0.1) is 5.92 Å². The molecule has 0 aliphatic rings. The molecule has 0 aliphatic heterocycles. The normalized spacial score (nSPS) is 13.2. The van der Waals surface area contributed by atoms with Crippen LogP contribution >= 0.6 is 0 Å². The van der Waals surface area contributed by atoms with E-state index in [9.17, 15) is 9.90 Å². The Balaban J connectivity index is 2.44. The Morgan fingerprint density at radius 1 is 1.31 bits per heavy atom. The summed E-state index contributed by atoms with van der Waals surface area (Å²) in [5.41, 5.74) is 1.24. The van der Waals surface area contributed by atoms with E-state index in [1.807, 2.05) is 24.3 Å². The number of aliphatic hydroxyl groups is 1. The van der Waals surface area contributed by atoms with Crippen molar-refractivity contribution in [3.8, 4) is 0 Å². The maximum atomic E-state index is 11.7. The Hall–Kier alpha value is -1.61. The summed E-state index contributed by atoms with van der Waals surface area (Å²) in [6.45, 7) is 3.54. The number of carbonyl (C=O) groups excluding carboxylic acids is 1. The van der Waals surface area contributed by atoms with Gasteiger partial charge in [0, 0.05) is 16.9 Å². The van der Waals surface area contributed by atoms with Crippen molar-refractivity contribution in [1.29, 1.82) is 0 Å². The molecule has 1 heterocycles. The lowest BCUT2D eigenvalue weighted by molar-refractivity contribution is -0.130. The lowest BCUT2D eigenvalue weighted by Crippen LogP contribution is -2.17. The molecule has 2 aromatic rings. The van der Waals surface area contributed by atoms with Crippen LogP contribution in [0.4, 0.5) is 0 Å². The average molecular weight is 218 g/mol. The number of furan rings is 1. The van der Waals surface area contributed by atoms with Crippen LogP contribution in [0.3, 0.4) is 0 Å². The van der Waals surface area contributed by atoms with Gasteiger partial charge in [-0.3, -0.25) is 4.79 Å². The largest absolute Gasteiger partial charge is 0.464 e. The Morgan fingerprint density at radius 3 is 2.69 bits per heavy atom. The van der Waals surface area contributed by atoms with Gasteiger partial charge in [0.1, 0.15) is 11.7 Å². The number of hydrogen-bond acceptors (Lipinski definition) is 3. The molecule has 3 heteroatoms. The minimum absolute atomic E-state index is 0.188. The second kappa shape index (κ2) is 4.10. The molecule has 0 aliphatic carbocycles. The van der Waals surface area contributed by atoms with Crippen molar-refractivity contribution >= 4 is 16.8 Å². The molecule has 0 bridgehead atoms. The minimum atomic E-state index is -1.09. The molecule has 0 fully saturated rings. The highest BCUT2D eigenvalue weighted by Gasteiger charge is 2.23.